The summed E-state index contributed by atoms with van der Waals surface area (Å²) in [4.78, 5) is 48.4. The predicted molar refractivity (Wildman–Crippen MR) is 225 cm³/mol. The summed E-state index contributed by atoms with van der Waals surface area (Å²) in [7, 11) is 3.24. The van der Waals surface area contributed by atoms with E-state index in [4.69, 9.17) is 18.9 Å². The Kier molecular flexibility index (Phi) is 9.71. The average molecular weight is 819 g/mol. The molecule has 0 unspecified atom stereocenters. The van der Waals surface area contributed by atoms with Gasteiger partial charge in [-0.25, -0.2) is 9.59 Å². The van der Waals surface area contributed by atoms with Crippen molar-refractivity contribution in [1.82, 2.24) is 9.13 Å². The molecule has 316 valence electrons. The zero-order valence-electron chi connectivity index (χ0n) is 35.2. The summed E-state index contributed by atoms with van der Waals surface area (Å²) in [5, 5.41) is 19.0. The number of carboxylic acid groups (broad SMARTS) is 2. The Morgan fingerprint density at radius 2 is 0.983 bits per heavy atom. The third-order valence-corrected chi connectivity index (χ3v) is 14.1. The van der Waals surface area contributed by atoms with Gasteiger partial charge in [-0.05, 0) is 109 Å². The second-order valence-electron chi connectivity index (χ2n) is 19.1. The average Bonchev–Trinajstić information content (AvgIpc) is 4.15. The van der Waals surface area contributed by atoms with Crippen molar-refractivity contribution in [3.05, 3.63) is 91.5 Å². The highest BCUT2D eigenvalue weighted by Crippen LogP contribution is 2.61. The topological polar surface area (TPSA) is 156 Å². The lowest BCUT2D eigenvalue weighted by Gasteiger charge is -2.40. The van der Waals surface area contributed by atoms with Gasteiger partial charge in [0, 0.05) is 59.6 Å². The summed E-state index contributed by atoms with van der Waals surface area (Å²) in [5.74, 6) is 2.17. The number of aromatic carboxylic acids is 2. The van der Waals surface area contributed by atoms with Crippen molar-refractivity contribution in [1.29, 1.82) is 0 Å². The zero-order valence-corrected chi connectivity index (χ0v) is 35.2. The van der Waals surface area contributed by atoms with E-state index in [0.29, 0.717) is 36.5 Å². The summed E-state index contributed by atoms with van der Waals surface area (Å²) < 4.78 is 27.5. The molecule has 0 saturated heterocycles. The first-order chi connectivity index (χ1) is 28.6. The molecule has 2 aromatic heterocycles. The van der Waals surface area contributed by atoms with E-state index in [1.54, 1.807) is 14.2 Å². The van der Waals surface area contributed by atoms with Gasteiger partial charge in [0.25, 0.3) is 0 Å². The molecule has 0 spiro atoms. The van der Waals surface area contributed by atoms with E-state index in [1.165, 1.54) is 61.3 Å². The van der Waals surface area contributed by atoms with E-state index in [9.17, 15) is 29.4 Å². The quantitative estimate of drug-likeness (QED) is 0.158. The van der Waals surface area contributed by atoms with E-state index < -0.39 is 22.8 Å². The maximum absolute atomic E-state index is 12.6. The number of pyridine rings is 2. The molecule has 0 amide bonds. The fraction of sp³-hybridized carbons (Fsp3) is 0.500. The number of hydrogen-bond acceptors (Lipinski definition) is 8. The van der Waals surface area contributed by atoms with Crippen molar-refractivity contribution in [3.63, 3.8) is 0 Å². The van der Waals surface area contributed by atoms with Gasteiger partial charge in [0.15, 0.2) is 33.9 Å². The van der Waals surface area contributed by atoms with Gasteiger partial charge in [-0.2, -0.15) is 0 Å². The number of carbonyl (C=O) groups is 2. The van der Waals surface area contributed by atoms with Crippen molar-refractivity contribution in [2.45, 2.75) is 103 Å². The minimum absolute atomic E-state index is 0.0170. The molecule has 10 rings (SSSR count). The van der Waals surface area contributed by atoms with Gasteiger partial charge in [0.1, 0.15) is 11.1 Å². The molecule has 2 aliphatic heterocycles. The lowest BCUT2D eigenvalue weighted by molar-refractivity contribution is 0.0683. The number of nitrogens with zero attached hydrogens (tertiary/aromatic N) is 2. The van der Waals surface area contributed by atoms with Crippen molar-refractivity contribution >= 4 is 11.9 Å². The number of rotatable bonds is 10. The molecular formula is C48H54N2O10. The molecular weight excluding hydrogens is 765 g/mol. The van der Waals surface area contributed by atoms with Crippen LogP contribution in [0, 0.1) is 22.7 Å². The highest BCUT2D eigenvalue weighted by atomic mass is 16.5. The van der Waals surface area contributed by atoms with Crippen LogP contribution in [0.25, 0.3) is 22.5 Å². The number of fused-ring (bicyclic) bond motifs is 12. The van der Waals surface area contributed by atoms with Crippen LogP contribution >= 0.6 is 0 Å². The smallest absolute Gasteiger partial charge is 0.341 e. The first kappa shape index (κ1) is 39.9. The fourth-order valence-electron chi connectivity index (χ4n) is 10.6. The van der Waals surface area contributed by atoms with E-state index in [1.807, 2.05) is 21.3 Å². The van der Waals surface area contributed by atoms with E-state index in [-0.39, 0.29) is 45.9 Å². The molecule has 6 aliphatic rings. The molecule has 0 radical (unpaired) electrons. The van der Waals surface area contributed by atoms with Gasteiger partial charge in [0.2, 0.25) is 0 Å². The largest absolute Gasteiger partial charge is 0.493 e. The Morgan fingerprint density at radius 1 is 0.600 bits per heavy atom. The summed E-state index contributed by atoms with van der Waals surface area (Å²) in [6.45, 7) is 10.3. The molecule has 2 aromatic carbocycles. The Morgan fingerprint density at radius 3 is 1.32 bits per heavy atom. The van der Waals surface area contributed by atoms with Crippen LogP contribution in [0.1, 0.15) is 135 Å². The van der Waals surface area contributed by atoms with Crippen LogP contribution in [-0.4, -0.2) is 58.7 Å². The molecule has 12 heteroatoms. The van der Waals surface area contributed by atoms with Crippen LogP contribution in [0.4, 0.5) is 0 Å². The lowest BCUT2D eigenvalue weighted by Crippen LogP contribution is -2.32. The number of carboxylic acids is 2. The predicted octanol–water partition coefficient (Wildman–Crippen LogP) is 8.94. The van der Waals surface area contributed by atoms with Gasteiger partial charge < -0.3 is 38.3 Å². The van der Waals surface area contributed by atoms with E-state index >= 15 is 0 Å². The van der Waals surface area contributed by atoms with Crippen LogP contribution in [0.2, 0.25) is 0 Å². The number of methoxy groups -OCH3 is 2. The van der Waals surface area contributed by atoms with Gasteiger partial charge in [-0.3, -0.25) is 9.59 Å². The van der Waals surface area contributed by atoms with Gasteiger partial charge in [-0.15, -0.1) is 0 Å². The minimum Gasteiger partial charge on any atom is -0.493 e. The Balaban J connectivity index is 0.000000154. The molecule has 12 nitrogen and oxygen atoms in total. The normalized spacial score (nSPS) is 23.3. The van der Waals surface area contributed by atoms with Gasteiger partial charge in [-0.1, -0.05) is 27.7 Å². The Bertz CT molecular complexity index is 2370. The summed E-state index contributed by atoms with van der Waals surface area (Å²) in [6, 6.07) is 11.2. The molecule has 2 N–H and O–H groups in total. The fourth-order valence-corrected chi connectivity index (χ4v) is 10.6. The first-order valence-electron chi connectivity index (χ1n) is 21.3. The standard InChI is InChI=1S/2C24H27NO5/c2*1-24(2)7-6-14-15-8-21(30-12-13-4-5-13)20(29-3)9-16(15)18-10-19(26)17(23(27)28)11-25(18)22(14)24/h2*8-11,13-14,22H,4-7,12H2,1-3H3,(H,27,28)/t2*14-,22+/m10/s1. The van der Waals surface area contributed by atoms with Crippen LogP contribution < -0.4 is 29.8 Å². The molecule has 4 heterocycles. The zero-order chi connectivity index (χ0) is 42.4. The molecule has 4 aromatic rings. The number of ether oxygens (including phenoxy) is 4. The van der Waals surface area contributed by atoms with Crippen LogP contribution in [0.3, 0.4) is 0 Å². The second kappa shape index (κ2) is 14.6. The Hall–Kier alpha value is -5.52. The van der Waals surface area contributed by atoms with Gasteiger partial charge in [0.05, 0.1) is 38.8 Å². The van der Waals surface area contributed by atoms with Crippen LogP contribution in [-0.2, 0) is 0 Å². The van der Waals surface area contributed by atoms with Crippen LogP contribution in [0.15, 0.2) is 58.4 Å². The molecule has 0 bridgehead atoms. The van der Waals surface area contributed by atoms with Crippen molar-refractivity contribution in [2.24, 2.45) is 22.7 Å². The summed E-state index contributed by atoms with van der Waals surface area (Å²) in [5.41, 5.74) is 4.36. The molecule has 4 aliphatic carbocycles. The monoisotopic (exact) mass is 818 g/mol. The Labute approximate surface area is 349 Å². The molecule has 4 saturated carbocycles. The third kappa shape index (κ3) is 6.85. The van der Waals surface area contributed by atoms with Crippen molar-refractivity contribution in [2.75, 3.05) is 27.4 Å². The number of aromatic nitrogens is 2. The lowest BCUT2D eigenvalue weighted by atomic mass is 9.77. The van der Waals surface area contributed by atoms with Gasteiger partial charge >= 0.3 is 11.9 Å². The number of hydrogen-bond donors (Lipinski definition) is 2. The van der Waals surface area contributed by atoms with E-state index in [2.05, 4.69) is 39.8 Å². The van der Waals surface area contributed by atoms with E-state index in [0.717, 1.165) is 59.7 Å². The number of benzene rings is 2. The van der Waals surface area contributed by atoms with Crippen LogP contribution in [0.5, 0.6) is 23.0 Å². The van der Waals surface area contributed by atoms with Crippen molar-refractivity contribution < 1.29 is 38.7 Å². The SMILES string of the molecule is COc1cc2c(cc1OCC1CC1)[C@@H]1CCC(C)(C)[C@@H]1n1cc(C(=O)O)c(=O)cc1-2.COc1cc2c(cc1OCC1CC1)[C@H]1CCC(C)(C)[C@H]1n1cc(C(=O)O)c(=O)cc1-2. The highest BCUT2D eigenvalue weighted by Gasteiger charge is 2.49. The van der Waals surface area contributed by atoms with Crippen molar-refractivity contribution in [3.8, 4) is 45.5 Å². The molecule has 4 atom stereocenters. The first-order valence-corrected chi connectivity index (χ1v) is 21.3. The third-order valence-electron chi connectivity index (χ3n) is 14.1. The second-order valence-corrected chi connectivity index (χ2v) is 19.1. The highest BCUT2D eigenvalue weighted by molar-refractivity contribution is 5.88. The molecule has 4 fully saturated rings. The maximum atomic E-state index is 12.6. The molecule has 60 heavy (non-hydrogen) atoms. The summed E-state index contributed by atoms with van der Waals surface area (Å²) >= 11 is 0. The minimum atomic E-state index is -1.19. The summed E-state index contributed by atoms with van der Waals surface area (Å²) in [6.07, 6.45) is 12.0. The maximum Gasteiger partial charge on any atom is 0.341 e.